The van der Waals surface area contributed by atoms with Gasteiger partial charge in [0, 0.05) is 55.2 Å². The number of fused-ring (bicyclic) bond motifs is 1. The Morgan fingerprint density at radius 3 is 2.88 bits per heavy atom. The topological polar surface area (TPSA) is 69.6 Å². The number of thiophene rings is 1. The lowest BCUT2D eigenvalue weighted by Crippen LogP contribution is -2.49. The number of nitrogens with zero attached hydrogens (tertiary/aromatic N) is 4. The van der Waals surface area contributed by atoms with Gasteiger partial charge in [0.25, 0.3) is 0 Å². The number of aromatic nitrogens is 2. The smallest absolute Gasteiger partial charge is 0.223 e. The molecule has 2 aromatic heterocycles. The van der Waals surface area contributed by atoms with Gasteiger partial charge < -0.3 is 10.0 Å². The van der Waals surface area contributed by atoms with Crippen LogP contribution in [0.15, 0.2) is 17.4 Å². The van der Waals surface area contributed by atoms with Crippen LogP contribution in [0, 0.1) is 6.92 Å². The van der Waals surface area contributed by atoms with Gasteiger partial charge in [-0.2, -0.15) is 0 Å². The van der Waals surface area contributed by atoms with Gasteiger partial charge in [0.1, 0.15) is 16.2 Å². The maximum atomic E-state index is 12.3. The fraction of sp³-hybridized carbons (Fsp3) is 0.562. The van der Waals surface area contributed by atoms with E-state index in [1.165, 1.54) is 4.88 Å². The molecule has 0 aromatic carbocycles. The minimum Gasteiger partial charge on any atom is -0.395 e. The second-order valence-corrected chi connectivity index (χ2v) is 8.12. The Hall–Kier alpha value is -1.22. The van der Waals surface area contributed by atoms with Gasteiger partial charge in [-0.15, -0.1) is 23.1 Å². The third-order valence-corrected chi connectivity index (χ3v) is 6.08. The van der Waals surface area contributed by atoms with E-state index in [0.29, 0.717) is 13.0 Å². The van der Waals surface area contributed by atoms with Gasteiger partial charge in [0.15, 0.2) is 0 Å². The summed E-state index contributed by atoms with van der Waals surface area (Å²) in [7, 11) is 0. The van der Waals surface area contributed by atoms with Gasteiger partial charge in [-0.25, -0.2) is 9.97 Å². The number of aliphatic hydroxyl groups is 1. The summed E-state index contributed by atoms with van der Waals surface area (Å²) >= 11 is 3.30. The third-order valence-electron chi connectivity index (χ3n) is 4.11. The van der Waals surface area contributed by atoms with Gasteiger partial charge >= 0.3 is 0 Å². The van der Waals surface area contributed by atoms with E-state index in [4.69, 9.17) is 5.11 Å². The van der Waals surface area contributed by atoms with E-state index in [2.05, 4.69) is 27.9 Å². The number of rotatable bonds is 6. The quantitative estimate of drug-likeness (QED) is 0.619. The summed E-state index contributed by atoms with van der Waals surface area (Å²) in [6, 6.07) is 2.12. The van der Waals surface area contributed by atoms with E-state index in [9.17, 15) is 4.79 Å². The van der Waals surface area contributed by atoms with Crippen molar-refractivity contribution >= 4 is 39.2 Å². The Kier molecular flexibility index (Phi) is 6.04. The van der Waals surface area contributed by atoms with Gasteiger partial charge in [-0.1, -0.05) is 0 Å². The maximum absolute atomic E-state index is 12.3. The molecule has 0 saturated carbocycles. The van der Waals surface area contributed by atoms with Crippen LogP contribution in [-0.2, 0) is 4.79 Å². The highest BCUT2D eigenvalue weighted by atomic mass is 32.2. The average Bonchev–Trinajstić information content (AvgIpc) is 2.97. The molecule has 8 heteroatoms. The molecule has 1 amide bonds. The van der Waals surface area contributed by atoms with E-state index < -0.39 is 0 Å². The Morgan fingerprint density at radius 1 is 1.33 bits per heavy atom. The van der Waals surface area contributed by atoms with Gasteiger partial charge in [-0.3, -0.25) is 9.69 Å². The summed E-state index contributed by atoms with van der Waals surface area (Å²) in [5.41, 5.74) is 0. The first-order valence-electron chi connectivity index (χ1n) is 8.12. The highest BCUT2D eigenvalue weighted by Crippen LogP contribution is 2.30. The van der Waals surface area contributed by atoms with Gasteiger partial charge in [-0.05, 0) is 13.0 Å². The van der Waals surface area contributed by atoms with E-state index >= 15 is 0 Å². The lowest BCUT2D eigenvalue weighted by Gasteiger charge is -2.34. The first-order valence-corrected chi connectivity index (χ1v) is 9.92. The molecule has 0 bridgehead atoms. The van der Waals surface area contributed by atoms with Crippen LogP contribution in [0.3, 0.4) is 0 Å². The number of hydrogen-bond donors (Lipinski definition) is 1. The number of carbonyl (C=O) groups excluding carboxylic acids is 1. The van der Waals surface area contributed by atoms with Crippen LogP contribution in [0.5, 0.6) is 0 Å². The molecular formula is C16H22N4O2S2. The maximum Gasteiger partial charge on any atom is 0.223 e. The molecular weight excluding hydrogens is 344 g/mol. The van der Waals surface area contributed by atoms with Crippen molar-refractivity contribution in [2.75, 3.05) is 45.1 Å². The molecule has 24 heavy (non-hydrogen) atoms. The van der Waals surface area contributed by atoms with Crippen LogP contribution in [0.25, 0.3) is 10.2 Å². The van der Waals surface area contributed by atoms with Gasteiger partial charge in [0.05, 0.1) is 6.61 Å². The molecule has 130 valence electrons. The van der Waals surface area contributed by atoms with Crippen molar-refractivity contribution in [1.29, 1.82) is 0 Å². The SMILES string of the molecule is Cc1cc2c(SCCC(=O)N3CCN(CCO)CC3)ncnc2s1. The molecule has 0 spiro atoms. The molecule has 0 radical (unpaired) electrons. The van der Waals surface area contributed by atoms with Crippen molar-refractivity contribution in [2.45, 2.75) is 18.4 Å². The first kappa shape index (κ1) is 17.6. The number of amides is 1. The molecule has 1 aliphatic heterocycles. The summed E-state index contributed by atoms with van der Waals surface area (Å²) in [4.78, 5) is 27.4. The monoisotopic (exact) mass is 366 g/mol. The zero-order valence-electron chi connectivity index (χ0n) is 13.8. The second kappa shape index (κ2) is 8.24. The van der Waals surface area contributed by atoms with Crippen LogP contribution < -0.4 is 0 Å². The van der Waals surface area contributed by atoms with Crippen molar-refractivity contribution in [3.05, 3.63) is 17.3 Å². The second-order valence-electron chi connectivity index (χ2n) is 5.80. The number of aliphatic hydroxyl groups excluding tert-OH is 1. The average molecular weight is 367 g/mol. The van der Waals surface area contributed by atoms with E-state index in [1.807, 2.05) is 4.90 Å². The number of β-amino-alcohol motifs (C(OH)–C–C–N with tert-alkyl or cyclic N) is 1. The molecule has 0 atom stereocenters. The van der Waals surface area contributed by atoms with Crippen LogP contribution >= 0.6 is 23.1 Å². The highest BCUT2D eigenvalue weighted by molar-refractivity contribution is 7.99. The zero-order chi connectivity index (χ0) is 16.9. The summed E-state index contributed by atoms with van der Waals surface area (Å²) in [6.07, 6.45) is 2.13. The fourth-order valence-corrected chi connectivity index (χ4v) is 4.64. The predicted molar refractivity (Wildman–Crippen MR) is 97.6 cm³/mol. The van der Waals surface area contributed by atoms with E-state index in [-0.39, 0.29) is 12.5 Å². The predicted octanol–water partition coefficient (Wildman–Crippen LogP) is 1.62. The number of carbonyl (C=O) groups is 1. The van der Waals surface area contributed by atoms with Crippen LogP contribution in [0.1, 0.15) is 11.3 Å². The Balaban J connectivity index is 1.48. The molecule has 1 N–H and O–H groups in total. The van der Waals surface area contributed by atoms with Crippen molar-refractivity contribution in [2.24, 2.45) is 0 Å². The number of thioether (sulfide) groups is 1. The Morgan fingerprint density at radius 2 is 2.12 bits per heavy atom. The van der Waals surface area contributed by atoms with Crippen molar-refractivity contribution in [1.82, 2.24) is 19.8 Å². The lowest BCUT2D eigenvalue weighted by molar-refractivity contribution is -0.132. The molecule has 6 nitrogen and oxygen atoms in total. The normalized spacial score (nSPS) is 16.0. The van der Waals surface area contributed by atoms with Gasteiger partial charge in [0.2, 0.25) is 5.91 Å². The van der Waals surface area contributed by atoms with E-state index in [0.717, 1.165) is 47.2 Å². The van der Waals surface area contributed by atoms with E-state index in [1.54, 1.807) is 29.4 Å². The number of aryl methyl sites for hydroxylation is 1. The van der Waals surface area contributed by atoms with Crippen molar-refractivity contribution in [3.8, 4) is 0 Å². The summed E-state index contributed by atoms with van der Waals surface area (Å²) < 4.78 is 0. The minimum atomic E-state index is 0.181. The molecule has 1 saturated heterocycles. The Labute approximate surface area is 149 Å². The summed E-state index contributed by atoms with van der Waals surface area (Å²) in [5.74, 6) is 0.939. The molecule has 3 heterocycles. The molecule has 2 aromatic rings. The summed E-state index contributed by atoms with van der Waals surface area (Å²) in [5, 5.41) is 11.0. The lowest BCUT2D eigenvalue weighted by atomic mass is 10.3. The summed E-state index contributed by atoms with van der Waals surface area (Å²) in [6.45, 7) is 6.15. The molecule has 0 unspecified atom stereocenters. The minimum absolute atomic E-state index is 0.181. The third kappa shape index (κ3) is 4.24. The number of piperazine rings is 1. The molecule has 1 fully saturated rings. The largest absolute Gasteiger partial charge is 0.395 e. The van der Waals surface area contributed by atoms with Crippen molar-refractivity contribution < 1.29 is 9.90 Å². The zero-order valence-corrected chi connectivity index (χ0v) is 15.4. The fourth-order valence-electron chi connectivity index (χ4n) is 2.82. The van der Waals surface area contributed by atoms with Crippen LogP contribution in [-0.4, -0.2) is 75.9 Å². The van der Waals surface area contributed by atoms with Crippen LogP contribution in [0.4, 0.5) is 0 Å². The number of hydrogen-bond acceptors (Lipinski definition) is 7. The highest BCUT2D eigenvalue weighted by Gasteiger charge is 2.20. The first-order chi connectivity index (χ1) is 11.7. The van der Waals surface area contributed by atoms with Crippen molar-refractivity contribution in [3.63, 3.8) is 0 Å². The van der Waals surface area contributed by atoms with Crippen LogP contribution in [0.2, 0.25) is 0 Å². The molecule has 0 aliphatic carbocycles. The standard InChI is InChI=1S/C16H22N4O2S2/c1-12-10-13-15(17-11-18-16(13)24-12)23-9-2-14(22)20-5-3-19(4-6-20)7-8-21/h10-11,21H,2-9H2,1H3. The molecule has 1 aliphatic rings. The Bertz CT molecular complexity index is 698. The molecule has 3 rings (SSSR count).